The number of hydrogen-bond donors (Lipinski definition) is 1. The summed E-state index contributed by atoms with van der Waals surface area (Å²) in [5, 5.41) is 13.3. The molecule has 4 heteroatoms. The van der Waals surface area contributed by atoms with Crippen LogP contribution in [0.3, 0.4) is 0 Å². The largest absolute Gasteiger partial charge is 0.396 e. The van der Waals surface area contributed by atoms with E-state index in [1.165, 1.54) is 6.07 Å². The highest BCUT2D eigenvalue weighted by molar-refractivity contribution is 5.25. The predicted molar refractivity (Wildman–Crippen MR) is 63.5 cm³/mol. The summed E-state index contributed by atoms with van der Waals surface area (Å²) in [7, 11) is 1.81. The normalized spacial score (nSPS) is 22.1. The van der Waals surface area contributed by atoms with Crippen LogP contribution in [0.4, 0.5) is 4.39 Å². The number of aryl methyl sites for hydroxylation is 2. The Morgan fingerprint density at radius 1 is 1.47 bits per heavy atom. The number of aromatic nitrogens is 2. The third-order valence-electron chi connectivity index (χ3n) is 3.09. The molecule has 2 atom stereocenters. The molecule has 1 aliphatic rings. The minimum absolute atomic E-state index is 0.129. The van der Waals surface area contributed by atoms with Gasteiger partial charge in [-0.2, -0.15) is 5.10 Å². The Labute approximate surface area is 100 Å². The van der Waals surface area contributed by atoms with Gasteiger partial charge in [0.2, 0.25) is 0 Å². The molecule has 1 N–H and O–H groups in total. The lowest BCUT2D eigenvalue weighted by molar-refractivity contribution is 0.273. The van der Waals surface area contributed by atoms with Crippen LogP contribution in [0.1, 0.15) is 23.6 Å². The van der Waals surface area contributed by atoms with Crippen LogP contribution in [-0.4, -0.2) is 21.5 Å². The molecule has 2 rings (SSSR count). The van der Waals surface area contributed by atoms with Gasteiger partial charge >= 0.3 is 0 Å². The Kier molecular flexibility index (Phi) is 3.43. The van der Waals surface area contributed by atoms with Gasteiger partial charge in [0.05, 0.1) is 5.69 Å². The van der Waals surface area contributed by atoms with E-state index in [0.717, 1.165) is 12.1 Å². The zero-order valence-corrected chi connectivity index (χ0v) is 10.1. The molecule has 1 aliphatic carbocycles. The lowest BCUT2D eigenvalue weighted by Gasteiger charge is -1.97. The molecule has 1 fully saturated rings. The van der Waals surface area contributed by atoms with Gasteiger partial charge in [-0.05, 0) is 48.9 Å². The maximum atomic E-state index is 14.0. The smallest absolute Gasteiger partial charge is 0.126 e. The Bertz CT molecular complexity index is 469. The van der Waals surface area contributed by atoms with Crippen LogP contribution >= 0.6 is 0 Å². The van der Waals surface area contributed by atoms with Crippen molar-refractivity contribution in [1.82, 2.24) is 9.78 Å². The quantitative estimate of drug-likeness (QED) is 0.853. The second-order valence-electron chi connectivity index (χ2n) is 4.55. The van der Waals surface area contributed by atoms with Crippen molar-refractivity contribution in [3.05, 3.63) is 41.5 Å². The highest BCUT2D eigenvalue weighted by Gasteiger charge is 2.38. The first kappa shape index (κ1) is 12.0. The maximum Gasteiger partial charge on any atom is 0.126 e. The molecule has 17 heavy (non-hydrogen) atoms. The summed E-state index contributed by atoms with van der Waals surface area (Å²) in [5.74, 6) is 0.127. The van der Waals surface area contributed by atoms with Gasteiger partial charge in [0.25, 0.3) is 0 Å². The predicted octanol–water partition coefficient (Wildman–Crippen LogP) is 2.09. The molecule has 0 bridgehead atoms. The molecule has 0 radical (unpaired) electrons. The van der Waals surface area contributed by atoms with E-state index in [-0.39, 0.29) is 24.3 Å². The van der Waals surface area contributed by atoms with E-state index in [4.69, 9.17) is 5.11 Å². The summed E-state index contributed by atoms with van der Waals surface area (Å²) >= 11 is 0. The Balaban J connectivity index is 2.46. The molecule has 0 saturated heterocycles. The van der Waals surface area contributed by atoms with Crippen LogP contribution < -0.4 is 0 Å². The van der Waals surface area contributed by atoms with Crippen molar-refractivity contribution in [2.45, 2.75) is 19.3 Å². The van der Waals surface area contributed by atoms with E-state index in [1.807, 2.05) is 14.0 Å². The van der Waals surface area contributed by atoms with Crippen molar-refractivity contribution >= 4 is 0 Å². The van der Waals surface area contributed by atoms with Crippen LogP contribution in [0.2, 0.25) is 0 Å². The van der Waals surface area contributed by atoms with Crippen molar-refractivity contribution in [2.24, 2.45) is 13.0 Å². The van der Waals surface area contributed by atoms with Crippen LogP contribution in [-0.2, 0) is 7.05 Å². The summed E-state index contributed by atoms with van der Waals surface area (Å²) in [6.45, 7) is 1.96. The van der Waals surface area contributed by atoms with Crippen molar-refractivity contribution in [3.63, 3.8) is 0 Å². The number of nitrogens with zero attached hydrogens (tertiary/aromatic N) is 2. The van der Waals surface area contributed by atoms with Gasteiger partial charge in [0, 0.05) is 19.9 Å². The van der Waals surface area contributed by atoms with Crippen LogP contribution in [0.25, 0.3) is 0 Å². The molecule has 1 aromatic rings. The van der Waals surface area contributed by atoms with Crippen molar-refractivity contribution in [1.29, 1.82) is 0 Å². The fourth-order valence-electron chi connectivity index (χ4n) is 2.00. The van der Waals surface area contributed by atoms with Crippen molar-refractivity contribution in [2.75, 3.05) is 6.61 Å². The maximum absolute atomic E-state index is 14.0. The van der Waals surface area contributed by atoms with Crippen molar-refractivity contribution in [3.8, 4) is 0 Å². The molecule has 2 unspecified atom stereocenters. The lowest BCUT2D eigenvalue weighted by Crippen LogP contribution is -1.94. The zero-order valence-electron chi connectivity index (χ0n) is 10.1. The van der Waals surface area contributed by atoms with Gasteiger partial charge in [0.15, 0.2) is 0 Å². The molecule has 1 heterocycles. The van der Waals surface area contributed by atoms with Gasteiger partial charge in [-0.25, -0.2) is 4.39 Å². The summed E-state index contributed by atoms with van der Waals surface area (Å²) in [5.41, 5.74) is 1.42. The van der Waals surface area contributed by atoms with E-state index in [0.29, 0.717) is 5.56 Å². The highest BCUT2D eigenvalue weighted by Crippen LogP contribution is 2.47. The molecule has 0 spiro atoms. The fraction of sp³-hybridized carbons (Fsp3) is 0.462. The van der Waals surface area contributed by atoms with E-state index in [1.54, 1.807) is 23.0 Å². The Hall–Kier alpha value is -1.42. The second kappa shape index (κ2) is 4.84. The molecule has 0 aliphatic heterocycles. The number of halogens is 1. The lowest BCUT2D eigenvalue weighted by atomic mass is 10.1. The van der Waals surface area contributed by atoms with Gasteiger partial charge in [0.1, 0.15) is 5.82 Å². The molecular formula is C13H17FN2O. The first-order valence-electron chi connectivity index (χ1n) is 5.76. The Morgan fingerprint density at radius 2 is 2.24 bits per heavy atom. The van der Waals surface area contributed by atoms with E-state index in [9.17, 15) is 4.39 Å². The second-order valence-corrected chi connectivity index (χ2v) is 4.55. The summed E-state index contributed by atoms with van der Waals surface area (Å²) in [6, 6.07) is 4.86. The zero-order chi connectivity index (χ0) is 12.4. The standard InChI is InChI=1S/C13H17FN2O/c1-9-3-4-13(14)11(5-6-16(2)15-9)12-7-10(12)8-17/h3-6,10,12,17H,7-8H2,1-2H3. The van der Waals surface area contributed by atoms with Gasteiger partial charge in [-0.15, -0.1) is 0 Å². The molecular weight excluding hydrogens is 219 g/mol. The summed E-state index contributed by atoms with van der Waals surface area (Å²) < 4.78 is 15.6. The Morgan fingerprint density at radius 3 is 2.88 bits per heavy atom. The number of rotatable bonds is 2. The molecule has 0 aromatic carbocycles. The number of aliphatic hydroxyl groups excluding tert-OH is 1. The van der Waals surface area contributed by atoms with E-state index < -0.39 is 0 Å². The topological polar surface area (TPSA) is 38.0 Å². The van der Waals surface area contributed by atoms with E-state index >= 15 is 0 Å². The van der Waals surface area contributed by atoms with Crippen LogP contribution in [0, 0.1) is 18.7 Å². The first-order valence-corrected chi connectivity index (χ1v) is 5.76. The highest BCUT2D eigenvalue weighted by atomic mass is 19.1. The third kappa shape index (κ3) is 2.82. The molecule has 1 aromatic heterocycles. The average Bonchev–Trinajstić information content (AvgIpc) is 3.04. The van der Waals surface area contributed by atoms with E-state index in [2.05, 4.69) is 5.10 Å². The van der Waals surface area contributed by atoms with Gasteiger partial charge in [-0.1, -0.05) is 0 Å². The SMILES string of the molecule is Cc1ccc(F)c(C2CC2CO)ccn(C)n1. The summed E-state index contributed by atoms with van der Waals surface area (Å²) in [4.78, 5) is 0. The molecule has 3 nitrogen and oxygen atoms in total. The molecule has 92 valence electrons. The van der Waals surface area contributed by atoms with Crippen LogP contribution in [0.15, 0.2) is 24.4 Å². The molecule has 0 amide bonds. The minimum Gasteiger partial charge on any atom is -0.396 e. The van der Waals surface area contributed by atoms with Gasteiger partial charge in [-0.3, -0.25) is 4.68 Å². The average molecular weight is 236 g/mol. The fourth-order valence-corrected chi connectivity index (χ4v) is 2.00. The summed E-state index contributed by atoms with van der Waals surface area (Å²) in [6.07, 6.45) is 2.61. The monoisotopic (exact) mass is 236 g/mol. The number of hydrogen-bond acceptors (Lipinski definition) is 2. The number of aliphatic hydroxyl groups is 1. The first-order chi connectivity index (χ1) is 8.11. The van der Waals surface area contributed by atoms with Crippen LogP contribution in [0.5, 0.6) is 0 Å². The third-order valence-corrected chi connectivity index (χ3v) is 3.09. The minimum atomic E-state index is -0.230. The molecule has 1 saturated carbocycles. The van der Waals surface area contributed by atoms with Gasteiger partial charge < -0.3 is 5.11 Å². The van der Waals surface area contributed by atoms with Crippen molar-refractivity contribution < 1.29 is 9.50 Å².